The highest BCUT2D eigenvalue weighted by molar-refractivity contribution is 6.34. The Balaban J connectivity index is 2.13. The minimum Gasteiger partial charge on any atom is -0.338 e. The lowest BCUT2D eigenvalue weighted by atomic mass is 10.1. The number of hydrogen-bond acceptors (Lipinski definition) is 4. The quantitative estimate of drug-likeness (QED) is 0.769. The molecule has 102 valence electrons. The van der Waals surface area contributed by atoms with Crippen molar-refractivity contribution in [2.24, 2.45) is 0 Å². The van der Waals surface area contributed by atoms with E-state index in [2.05, 4.69) is 15.3 Å². The summed E-state index contributed by atoms with van der Waals surface area (Å²) in [5, 5.41) is 13.5. The molecule has 21 heavy (non-hydrogen) atoms. The molecular formula is C16H11ClN4. The number of fused-ring (bicyclic) bond motifs is 1. The second-order valence-corrected chi connectivity index (χ2v) is 4.96. The number of benzene rings is 1. The lowest BCUT2D eigenvalue weighted by Gasteiger charge is -2.11. The average molecular weight is 295 g/mol. The van der Waals surface area contributed by atoms with E-state index < -0.39 is 0 Å². The van der Waals surface area contributed by atoms with Crippen LogP contribution < -0.4 is 5.32 Å². The second-order valence-electron chi connectivity index (χ2n) is 4.59. The standard InChI is InChI=1S/C16H11ClN4/c1-10-8-14(12-4-2-3-5-13(12)20-10)21-16-15(17)11(9-18)6-7-19-16/h2-8H,1H3,(H,19,20,21). The second kappa shape index (κ2) is 5.39. The number of nitrogens with one attached hydrogen (secondary N) is 1. The first kappa shape index (κ1) is 13.3. The molecule has 0 amide bonds. The third kappa shape index (κ3) is 2.51. The van der Waals surface area contributed by atoms with Crippen LogP contribution in [-0.4, -0.2) is 9.97 Å². The molecule has 3 aromatic rings. The van der Waals surface area contributed by atoms with E-state index in [-0.39, 0.29) is 0 Å². The van der Waals surface area contributed by atoms with E-state index in [1.807, 2.05) is 43.3 Å². The van der Waals surface area contributed by atoms with Gasteiger partial charge in [-0.25, -0.2) is 4.98 Å². The minimum absolute atomic E-state index is 0.318. The number of rotatable bonds is 2. The van der Waals surface area contributed by atoms with E-state index >= 15 is 0 Å². The molecule has 0 spiro atoms. The van der Waals surface area contributed by atoms with E-state index in [1.54, 1.807) is 12.3 Å². The Bertz CT molecular complexity index is 868. The van der Waals surface area contributed by atoms with Gasteiger partial charge in [0.25, 0.3) is 0 Å². The predicted molar refractivity (Wildman–Crippen MR) is 83.7 cm³/mol. The molecule has 3 rings (SSSR count). The number of nitrogens with zero attached hydrogens (tertiary/aromatic N) is 3. The monoisotopic (exact) mass is 294 g/mol. The van der Waals surface area contributed by atoms with E-state index in [4.69, 9.17) is 16.9 Å². The van der Waals surface area contributed by atoms with Gasteiger partial charge in [-0.15, -0.1) is 0 Å². The van der Waals surface area contributed by atoms with Crippen LogP contribution in [0.2, 0.25) is 5.02 Å². The van der Waals surface area contributed by atoms with Gasteiger partial charge in [0, 0.05) is 17.3 Å². The molecule has 0 unspecified atom stereocenters. The van der Waals surface area contributed by atoms with Gasteiger partial charge >= 0.3 is 0 Å². The molecule has 0 atom stereocenters. The zero-order chi connectivity index (χ0) is 14.8. The Morgan fingerprint density at radius 2 is 2.05 bits per heavy atom. The summed E-state index contributed by atoms with van der Waals surface area (Å²) in [5.41, 5.74) is 3.04. The SMILES string of the molecule is Cc1cc(Nc2nccc(C#N)c2Cl)c2ccccc2n1. The fraction of sp³-hybridized carbons (Fsp3) is 0.0625. The number of pyridine rings is 2. The zero-order valence-corrected chi connectivity index (χ0v) is 12.0. The highest BCUT2D eigenvalue weighted by Gasteiger charge is 2.10. The Hall–Kier alpha value is -2.64. The third-order valence-electron chi connectivity index (χ3n) is 3.11. The maximum Gasteiger partial charge on any atom is 0.150 e. The Kier molecular flexibility index (Phi) is 3.43. The fourth-order valence-corrected chi connectivity index (χ4v) is 2.36. The van der Waals surface area contributed by atoms with Gasteiger partial charge in [-0.1, -0.05) is 29.8 Å². The highest BCUT2D eigenvalue weighted by atomic mass is 35.5. The lowest BCUT2D eigenvalue weighted by Crippen LogP contribution is -1.98. The molecule has 0 fully saturated rings. The van der Waals surface area contributed by atoms with E-state index in [9.17, 15) is 0 Å². The number of nitriles is 1. The van der Waals surface area contributed by atoms with Gasteiger partial charge in [-0.05, 0) is 25.1 Å². The number of hydrogen-bond donors (Lipinski definition) is 1. The molecule has 0 saturated heterocycles. The first-order valence-electron chi connectivity index (χ1n) is 6.37. The normalized spacial score (nSPS) is 10.3. The summed E-state index contributed by atoms with van der Waals surface area (Å²) in [6, 6.07) is 13.4. The van der Waals surface area contributed by atoms with Crippen LogP contribution in [0.25, 0.3) is 10.9 Å². The summed E-state index contributed by atoms with van der Waals surface area (Å²) in [4.78, 5) is 8.69. The van der Waals surface area contributed by atoms with Crippen molar-refractivity contribution in [1.82, 2.24) is 9.97 Å². The molecule has 1 N–H and O–H groups in total. The molecule has 2 aromatic heterocycles. The Labute approximate surface area is 127 Å². The summed E-state index contributed by atoms with van der Waals surface area (Å²) < 4.78 is 0. The van der Waals surface area contributed by atoms with E-state index in [0.717, 1.165) is 22.3 Å². The van der Waals surface area contributed by atoms with Crippen molar-refractivity contribution in [3.05, 3.63) is 58.9 Å². The lowest BCUT2D eigenvalue weighted by molar-refractivity contribution is 1.24. The molecule has 0 aliphatic rings. The maximum absolute atomic E-state index is 9.02. The van der Waals surface area contributed by atoms with Gasteiger partial charge < -0.3 is 5.32 Å². The topological polar surface area (TPSA) is 61.6 Å². The number of anilines is 2. The van der Waals surface area contributed by atoms with Gasteiger partial charge in [-0.2, -0.15) is 5.26 Å². The van der Waals surface area contributed by atoms with E-state index in [1.165, 1.54) is 0 Å². The van der Waals surface area contributed by atoms with Crippen molar-refractivity contribution >= 4 is 34.0 Å². The summed E-state index contributed by atoms with van der Waals surface area (Å²) >= 11 is 6.19. The third-order valence-corrected chi connectivity index (χ3v) is 3.49. The van der Waals surface area contributed by atoms with E-state index in [0.29, 0.717) is 16.4 Å². The van der Waals surface area contributed by atoms with Gasteiger partial charge in [0.15, 0.2) is 5.82 Å². The molecule has 0 saturated carbocycles. The largest absolute Gasteiger partial charge is 0.338 e. The van der Waals surface area contributed by atoms with Crippen LogP contribution in [-0.2, 0) is 0 Å². The molecule has 0 bridgehead atoms. The molecule has 0 aliphatic carbocycles. The van der Waals surface area contributed by atoms with Gasteiger partial charge in [0.2, 0.25) is 0 Å². The average Bonchev–Trinajstić information content (AvgIpc) is 2.49. The number of aryl methyl sites for hydroxylation is 1. The van der Waals surface area contributed by atoms with Crippen molar-refractivity contribution in [3.8, 4) is 6.07 Å². The summed E-state index contributed by atoms with van der Waals surface area (Å²) in [7, 11) is 0. The van der Waals surface area contributed by atoms with Crippen LogP contribution in [0, 0.1) is 18.3 Å². The van der Waals surface area contributed by atoms with Gasteiger partial charge in [0.05, 0.1) is 16.8 Å². The molecule has 2 heterocycles. The van der Waals surface area contributed by atoms with Crippen LogP contribution >= 0.6 is 11.6 Å². The smallest absolute Gasteiger partial charge is 0.150 e. The van der Waals surface area contributed by atoms with Gasteiger partial charge in [0.1, 0.15) is 11.1 Å². The number of aromatic nitrogens is 2. The summed E-state index contributed by atoms with van der Waals surface area (Å²) in [5.74, 6) is 0.464. The van der Waals surface area contributed by atoms with Crippen LogP contribution in [0.5, 0.6) is 0 Å². The molecule has 1 aromatic carbocycles. The maximum atomic E-state index is 9.02. The molecule has 5 heteroatoms. The zero-order valence-electron chi connectivity index (χ0n) is 11.3. The molecular weight excluding hydrogens is 284 g/mol. The van der Waals surface area contributed by atoms with Crippen LogP contribution in [0.15, 0.2) is 42.6 Å². The van der Waals surface area contributed by atoms with Crippen molar-refractivity contribution < 1.29 is 0 Å². The van der Waals surface area contributed by atoms with Crippen LogP contribution in [0.4, 0.5) is 11.5 Å². The number of para-hydroxylation sites is 1. The molecule has 0 aliphatic heterocycles. The highest BCUT2D eigenvalue weighted by Crippen LogP contribution is 2.30. The summed E-state index contributed by atoms with van der Waals surface area (Å²) in [6.07, 6.45) is 1.56. The van der Waals surface area contributed by atoms with Crippen molar-refractivity contribution in [2.75, 3.05) is 5.32 Å². The molecule has 0 radical (unpaired) electrons. The number of halogens is 1. The fourth-order valence-electron chi connectivity index (χ4n) is 2.16. The predicted octanol–water partition coefficient (Wildman–Crippen LogP) is 4.21. The Morgan fingerprint density at radius 1 is 1.24 bits per heavy atom. The minimum atomic E-state index is 0.318. The van der Waals surface area contributed by atoms with Crippen LogP contribution in [0.1, 0.15) is 11.3 Å². The first-order valence-corrected chi connectivity index (χ1v) is 6.75. The summed E-state index contributed by atoms with van der Waals surface area (Å²) in [6.45, 7) is 1.93. The van der Waals surface area contributed by atoms with Crippen LogP contribution in [0.3, 0.4) is 0 Å². The van der Waals surface area contributed by atoms with Crippen molar-refractivity contribution in [2.45, 2.75) is 6.92 Å². The Morgan fingerprint density at radius 3 is 2.86 bits per heavy atom. The van der Waals surface area contributed by atoms with Crippen molar-refractivity contribution in [3.63, 3.8) is 0 Å². The van der Waals surface area contributed by atoms with Gasteiger partial charge in [-0.3, -0.25) is 4.98 Å². The first-order chi connectivity index (χ1) is 10.2. The molecule has 4 nitrogen and oxygen atoms in total. The van der Waals surface area contributed by atoms with Crippen molar-refractivity contribution in [1.29, 1.82) is 5.26 Å².